The SMILES string of the molecule is C[C@@H](NCCC(F)(F)F)c1ccccc1F. The van der Waals surface area contributed by atoms with Crippen LogP contribution in [-0.4, -0.2) is 12.7 Å². The first kappa shape index (κ1) is 13.0. The van der Waals surface area contributed by atoms with Crippen molar-refractivity contribution in [2.75, 3.05) is 6.54 Å². The monoisotopic (exact) mass is 235 g/mol. The topological polar surface area (TPSA) is 12.0 Å². The zero-order chi connectivity index (χ0) is 12.2. The third-order valence-electron chi connectivity index (χ3n) is 2.23. The van der Waals surface area contributed by atoms with Gasteiger partial charge >= 0.3 is 6.18 Å². The number of halogens is 4. The number of alkyl halides is 3. The van der Waals surface area contributed by atoms with Crippen LogP contribution in [0.1, 0.15) is 24.9 Å². The fourth-order valence-corrected chi connectivity index (χ4v) is 1.37. The Labute approximate surface area is 91.5 Å². The lowest BCUT2D eigenvalue weighted by molar-refractivity contribution is -0.133. The van der Waals surface area contributed by atoms with Gasteiger partial charge < -0.3 is 5.32 Å². The molecule has 1 atom stereocenters. The molecule has 0 amide bonds. The highest BCUT2D eigenvalue weighted by molar-refractivity contribution is 5.20. The molecule has 0 saturated carbocycles. The maximum atomic E-state index is 13.2. The number of hydrogen-bond acceptors (Lipinski definition) is 1. The van der Waals surface area contributed by atoms with E-state index in [2.05, 4.69) is 5.32 Å². The zero-order valence-electron chi connectivity index (χ0n) is 8.81. The van der Waals surface area contributed by atoms with Gasteiger partial charge in [0.05, 0.1) is 6.42 Å². The third-order valence-corrected chi connectivity index (χ3v) is 2.23. The van der Waals surface area contributed by atoms with Gasteiger partial charge in [-0.3, -0.25) is 0 Å². The molecular weight excluding hydrogens is 222 g/mol. The summed E-state index contributed by atoms with van der Waals surface area (Å²) in [6, 6.07) is 5.61. The summed E-state index contributed by atoms with van der Waals surface area (Å²) in [4.78, 5) is 0. The molecule has 0 heterocycles. The van der Waals surface area contributed by atoms with E-state index in [-0.39, 0.29) is 6.54 Å². The van der Waals surface area contributed by atoms with E-state index in [0.29, 0.717) is 5.56 Å². The van der Waals surface area contributed by atoms with Crippen molar-refractivity contribution in [1.29, 1.82) is 0 Å². The molecule has 0 fully saturated rings. The van der Waals surface area contributed by atoms with Crippen molar-refractivity contribution in [3.8, 4) is 0 Å². The Balaban J connectivity index is 2.47. The quantitative estimate of drug-likeness (QED) is 0.788. The first-order valence-corrected chi connectivity index (χ1v) is 4.95. The van der Waals surface area contributed by atoms with E-state index in [1.807, 2.05) is 0 Å². The number of benzene rings is 1. The Morgan fingerprint density at radius 2 is 1.88 bits per heavy atom. The number of nitrogens with one attached hydrogen (secondary N) is 1. The maximum Gasteiger partial charge on any atom is 0.390 e. The van der Waals surface area contributed by atoms with E-state index in [0.717, 1.165) is 0 Å². The number of hydrogen-bond donors (Lipinski definition) is 1. The fourth-order valence-electron chi connectivity index (χ4n) is 1.37. The summed E-state index contributed by atoms with van der Waals surface area (Å²) in [6.07, 6.45) is -5.09. The summed E-state index contributed by atoms with van der Waals surface area (Å²) in [5, 5.41) is 2.64. The molecule has 0 saturated heterocycles. The van der Waals surface area contributed by atoms with Gasteiger partial charge in [-0.25, -0.2) is 4.39 Å². The van der Waals surface area contributed by atoms with E-state index >= 15 is 0 Å². The first-order valence-electron chi connectivity index (χ1n) is 4.95. The van der Waals surface area contributed by atoms with Gasteiger partial charge in [0.15, 0.2) is 0 Å². The molecule has 0 bridgehead atoms. The van der Waals surface area contributed by atoms with Crippen molar-refractivity contribution >= 4 is 0 Å². The molecule has 0 aromatic heterocycles. The summed E-state index contributed by atoms with van der Waals surface area (Å²) in [5.41, 5.74) is 0.379. The molecule has 0 aliphatic heterocycles. The molecule has 0 unspecified atom stereocenters. The minimum absolute atomic E-state index is 0.209. The van der Waals surface area contributed by atoms with E-state index in [9.17, 15) is 17.6 Å². The normalized spacial score (nSPS) is 13.8. The van der Waals surface area contributed by atoms with Crippen LogP contribution < -0.4 is 5.32 Å². The molecular formula is C11H13F4N. The molecule has 5 heteroatoms. The predicted octanol–water partition coefficient (Wildman–Crippen LogP) is 3.43. The minimum Gasteiger partial charge on any atom is -0.310 e. The van der Waals surface area contributed by atoms with E-state index in [1.165, 1.54) is 6.07 Å². The maximum absolute atomic E-state index is 13.2. The van der Waals surface area contributed by atoms with Gasteiger partial charge in [-0.15, -0.1) is 0 Å². The standard InChI is InChI=1S/C11H13F4N/c1-8(16-7-6-11(13,14)15)9-4-2-3-5-10(9)12/h2-5,8,16H,6-7H2,1H3/t8-/m1/s1. The molecule has 90 valence electrons. The van der Waals surface area contributed by atoms with Crippen molar-refractivity contribution < 1.29 is 17.6 Å². The van der Waals surface area contributed by atoms with Crippen molar-refractivity contribution in [3.63, 3.8) is 0 Å². The smallest absolute Gasteiger partial charge is 0.310 e. The molecule has 0 spiro atoms. The van der Waals surface area contributed by atoms with Gasteiger partial charge in [-0.1, -0.05) is 18.2 Å². The molecule has 1 N–H and O–H groups in total. The Bertz CT molecular complexity index is 335. The van der Waals surface area contributed by atoms with Crippen LogP contribution in [0.3, 0.4) is 0 Å². The number of rotatable bonds is 4. The van der Waals surface area contributed by atoms with E-state index in [1.54, 1.807) is 25.1 Å². The highest BCUT2D eigenvalue weighted by Crippen LogP contribution is 2.20. The first-order chi connectivity index (χ1) is 7.40. The fraction of sp³-hybridized carbons (Fsp3) is 0.455. The Hall–Kier alpha value is -1.10. The molecule has 1 nitrogen and oxygen atoms in total. The van der Waals surface area contributed by atoms with Crippen LogP contribution in [0.5, 0.6) is 0 Å². The summed E-state index contributed by atoms with van der Waals surface area (Å²) in [5.74, 6) is -0.408. The van der Waals surface area contributed by atoms with E-state index < -0.39 is 24.5 Å². The lowest BCUT2D eigenvalue weighted by atomic mass is 10.1. The second kappa shape index (κ2) is 5.30. The molecule has 1 aromatic rings. The average molecular weight is 235 g/mol. The van der Waals surface area contributed by atoms with Gasteiger partial charge in [-0.2, -0.15) is 13.2 Å². The zero-order valence-corrected chi connectivity index (χ0v) is 8.81. The highest BCUT2D eigenvalue weighted by Gasteiger charge is 2.26. The molecule has 0 radical (unpaired) electrons. The van der Waals surface area contributed by atoms with Crippen LogP contribution >= 0.6 is 0 Å². The van der Waals surface area contributed by atoms with Crippen molar-refractivity contribution in [3.05, 3.63) is 35.6 Å². The van der Waals surface area contributed by atoms with Crippen molar-refractivity contribution in [2.24, 2.45) is 0 Å². The molecule has 0 aliphatic rings. The van der Waals surface area contributed by atoms with Crippen LogP contribution in [0.15, 0.2) is 24.3 Å². The summed E-state index contributed by atoms with van der Waals surface area (Å²) < 4.78 is 48.9. The highest BCUT2D eigenvalue weighted by atomic mass is 19.4. The average Bonchev–Trinajstić information content (AvgIpc) is 2.16. The van der Waals surface area contributed by atoms with Crippen LogP contribution in [0, 0.1) is 5.82 Å². The second-order valence-electron chi connectivity index (χ2n) is 3.56. The van der Waals surface area contributed by atoms with Gasteiger partial charge in [0.1, 0.15) is 5.82 Å². The van der Waals surface area contributed by atoms with Crippen molar-refractivity contribution in [2.45, 2.75) is 25.6 Å². The van der Waals surface area contributed by atoms with Crippen LogP contribution in [0.25, 0.3) is 0 Å². The predicted molar refractivity (Wildman–Crippen MR) is 53.5 cm³/mol. The van der Waals surface area contributed by atoms with Crippen LogP contribution in [-0.2, 0) is 0 Å². The Morgan fingerprint density at radius 1 is 1.25 bits per heavy atom. The third kappa shape index (κ3) is 4.18. The Morgan fingerprint density at radius 3 is 2.44 bits per heavy atom. The Kier molecular flexibility index (Phi) is 4.29. The van der Waals surface area contributed by atoms with Crippen LogP contribution in [0.2, 0.25) is 0 Å². The second-order valence-corrected chi connectivity index (χ2v) is 3.56. The van der Waals surface area contributed by atoms with Gasteiger partial charge in [0.25, 0.3) is 0 Å². The molecule has 1 aromatic carbocycles. The lowest BCUT2D eigenvalue weighted by Gasteiger charge is -2.15. The van der Waals surface area contributed by atoms with Crippen LogP contribution in [0.4, 0.5) is 17.6 Å². The van der Waals surface area contributed by atoms with Gasteiger partial charge in [-0.05, 0) is 13.0 Å². The lowest BCUT2D eigenvalue weighted by Crippen LogP contribution is -2.25. The van der Waals surface area contributed by atoms with Gasteiger partial charge in [0.2, 0.25) is 0 Å². The summed E-state index contributed by atoms with van der Waals surface area (Å²) in [6.45, 7) is 1.42. The minimum atomic E-state index is -4.18. The van der Waals surface area contributed by atoms with E-state index in [4.69, 9.17) is 0 Å². The summed E-state index contributed by atoms with van der Waals surface area (Å²) >= 11 is 0. The molecule has 1 rings (SSSR count). The molecule has 16 heavy (non-hydrogen) atoms. The summed E-state index contributed by atoms with van der Waals surface area (Å²) in [7, 11) is 0. The van der Waals surface area contributed by atoms with Gasteiger partial charge in [0, 0.05) is 18.2 Å². The largest absolute Gasteiger partial charge is 0.390 e. The molecule has 0 aliphatic carbocycles. The van der Waals surface area contributed by atoms with Crippen molar-refractivity contribution in [1.82, 2.24) is 5.32 Å².